The van der Waals surface area contributed by atoms with Gasteiger partial charge in [-0.15, -0.1) is 0 Å². The van der Waals surface area contributed by atoms with Crippen molar-refractivity contribution in [1.29, 1.82) is 0 Å². The molecule has 0 amide bonds. The van der Waals surface area contributed by atoms with Crippen molar-refractivity contribution in [3.8, 4) is 0 Å². The molecule has 106 valence electrons. The Morgan fingerprint density at radius 3 is 2.68 bits per heavy atom. The lowest BCUT2D eigenvalue weighted by Crippen LogP contribution is -2.35. The highest BCUT2D eigenvalue weighted by atomic mass is 15.2. The molecule has 0 aliphatic carbocycles. The van der Waals surface area contributed by atoms with Crippen LogP contribution in [0.5, 0.6) is 0 Å². The number of pyridine rings is 1. The molecule has 2 heterocycles. The van der Waals surface area contributed by atoms with Crippen LogP contribution in [0.25, 0.3) is 0 Å². The molecule has 1 saturated heterocycles. The number of nitrogens with one attached hydrogen (secondary N) is 1. The molecular formula is C16H27N3. The van der Waals surface area contributed by atoms with Crippen molar-refractivity contribution < 1.29 is 0 Å². The van der Waals surface area contributed by atoms with Gasteiger partial charge in [-0.25, -0.2) is 0 Å². The molecule has 0 aromatic carbocycles. The fourth-order valence-corrected chi connectivity index (χ4v) is 2.54. The van der Waals surface area contributed by atoms with Crippen molar-refractivity contribution in [3.05, 3.63) is 24.0 Å². The van der Waals surface area contributed by atoms with Gasteiger partial charge in [0.05, 0.1) is 0 Å². The van der Waals surface area contributed by atoms with Crippen LogP contribution in [0, 0.1) is 5.41 Å². The van der Waals surface area contributed by atoms with E-state index < -0.39 is 0 Å². The summed E-state index contributed by atoms with van der Waals surface area (Å²) in [7, 11) is 0. The average molecular weight is 261 g/mol. The first kappa shape index (κ1) is 14.3. The van der Waals surface area contributed by atoms with Crippen LogP contribution in [0.1, 0.15) is 46.6 Å². The number of nitrogens with zero attached hydrogens (tertiary/aromatic N) is 2. The Kier molecular flexibility index (Phi) is 3.86. The fraction of sp³-hybridized carbons (Fsp3) is 0.688. The van der Waals surface area contributed by atoms with Crippen LogP contribution in [0.4, 0.5) is 5.69 Å². The van der Waals surface area contributed by atoms with Crippen molar-refractivity contribution in [1.82, 2.24) is 10.3 Å². The largest absolute Gasteiger partial charge is 0.371 e. The minimum atomic E-state index is 0.136. The molecule has 1 fully saturated rings. The van der Waals surface area contributed by atoms with E-state index in [1.54, 1.807) is 0 Å². The first-order valence-electron chi connectivity index (χ1n) is 7.20. The molecule has 0 unspecified atom stereocenters. The Hall–Kier alpha value is -1.09. The van der Waals surface area contributed by atoms with E-state index in [0.717, 1.165) is 19.6 Å². The Morgan fingerprint density at radius 1 is 1.37 bits per heavy atom. The van der Waals surface area contributed by atoms with E-state index in [1.165, 1.54) is 17.7 Å². The molecular weight excluding hydrogens is 234 g/mol. The lowest BCUT2D eigenvalue weighted by atomic mass is 9.93. The van der Waals surface area contributed by atoms with Crippen molar-refractivity contribution in [2.24, 2.45) is 5.41 Å². The van der Waals surface area contributed by atoms with Crippen LogP contribution >= 0.6 is 0 Å². The average Bonchev–Trinajstić information content (AvgIpc) is 2.66. The second-order valence-corrected chi connectivity index (χ2v) is 7.44. The Labute approximate surface area is 117 Å². The van der Waals surface area contributed by atoms with Gasteiger partial charge in [-0.3, -0.25) is 4.98 Å². The van der Waals surface area contributed by atoms with Gasteiger partial charge in [0.1, 0.15) is 0 Å². The molecule has 1 aliphatic rings. The maximum atomic E-state index is 4.29. The smallest absolute Gasteiger partial charge is 0.0443 e. The SMILES string of the molecule is CC1(C)CCN(c2ccncc2CNC(C)(C)C)C1. The van der Waals surface area contributed by atoms with Crippen LogP contribution in [-0.4, -0.2) is 23.6 Å². The van der Waals surface area contributed by atoms with E-state index in [0.29, 0.717) is 5.41 Å². The van der Waals surface area contributed by atoms with Gasteiger partial charge in [0.25, 0.3) is 0 Å². The zero-order chi connectivity index (χ0) is 14.1. The Morgan fingerprint density at radius 2 is 2.11 bits per heavy atom. The summed E-state index contributed by atoms with van der Waals surface area (Å²) in [5, 5.41) is 3.56. The third-order valence-corrected chi connectivity index (χ3v) is 3.71. The monoisotopic (exact) mass is 261 g/mol. The van der Waals surface area contributed by atoms with Crippen LogP contribution in [-0.2, 0) is 6.54 Å². The van der Waals surface area contributed by atoms with Crippen molar-refractivity contribution in [2.45, 2.75) is 53.1 Å². The molecule has 2 rings (SSSR count). The predicted molar refractivity (Wildman–Crippen MR) is 81.4 cm³/mol. The van der Waals surface area contributed by atoms with Gasteiger partial charge in [0.15, 0.2) is 0 Å². The first-order chi connectivity index (χ1) is 8.77. The highest BCUT2D eigenvalue weighted by molar-refractivity contribution is 5.53. The molecule has 19 heavy (non-hydrogen) atoms. The molecule has 0 bridgehead atoms. The summed E-state index contributed by atoms with van der Waals surface area (Å²) in [6, 6.07) is 2.15. The molecule has 1 aliphatic heterocycles. The van der Waals surface area contributed by atoms with E-state index in [-0.39, 0.29) is 5.54 Å². The standard InChI is InChI=1S/C16H27N3/c1-15(2,3)18-11-13-10-17-8-6-14(13)19-9-7-16(4,5)12-19/h6,8,10,18H,7,9,11-12H2,1-5H3. The summed E-state index contributed by atoms with van der Waals surface area (Å²) in [6.07, 6.45) is 5.17. The lowest BCUT2D eigenvalue weighted by Gasteiger charge is -2.26. The van der Waals surface area contributed by atoms with Crippen LogP contribution in [0.2, 0.25) is 0 Å². The van der Waals surface area contributed by atoms with Crippen molar-refractivity contribution >= 4 is 5.69 Å². The molecule has 0 spiro atoms. The van der Waals surface area contributed by atoms with Gasteiger partial charge in [-0.1, -0.05) is 13.8 Å². The maximum absolute atomic E-state index is 4.29. The van der Waals surface area contributed by atoms with E-state index in [4.69, 9.17) is 0 Å². The topological polar surface area (TPSA) is 28.2 Å². The molecule has 1 aromatic heterocycles. The van der Waals surface area contributed by atoms with Crippen LogP contribution in [0.15, 0.2) is 18.5 Å². The van der Waals surface area contributed by atoms with Gasteiger partial charge in [0, 0.05) is 48.8 Å². The minimum absolute atomic E-state index is 0.136. The van der Waals surface area contributed by atoms with Crippen LogP contribution < -0.4 is 10.2 Å². The second-order valence-electron chi connectivity index (χ2n) is 7.44. The Balaban J connectivity index is 2.13. The minimum Gasteiger partial charge on any atom is -0.371 e. The summed E-state index contributed by atoms with van der Waals surface area (Å²) < 4.78 is 0. The van der Waals surface area contributed by atoms with E-state index in [1.807, 2.05) is 12.4 Å². The number of aromatic nitrogens is 1. The normalized spacial score (nSPS) is 18.9. The molecule has 3 nitrogen and oxygen atoms in total. The summed E-state index contributed by atoms with van der Waals surface area (Å²) in [5.74, 6) is 0. The predicted octanol–water partition coefficient (Wildman–Crippen LogP) is 3.21. The molecule has 3 heteroatoms. The third-order valence-electron chi connectivity index (χ3n) is 3.71. The quantitative estimate of drug-likeness (QED) is 0.905. The Bertz CT molecular complexity index is 432. The molecule has 1 N–H and O–H groups in total. The summed E-state index contributed by atoms with van der Waals surface area (Å²) in [5.41, 5.74) is 3.21. The van der Waals surface area contributed by atoms with E-state index in [9.17, 15) is 0 Å². The second kappa shape index (κ2) is 5.12. The van der Waals surface area contributed by atoms with E-state index in [2.05, 4.69) is 55.9 Å². The zero-order valence-corrected chi connectivity index (χ0v) is 13.0. The zero-order valence-electron chi connectivity index (χ0n) is 13.0. The van der Waals surface area contributed by atoms with Crippen molar-refractivity contribution in [3.63, 3.8) is 0 Å². The molecule has 1 aromatic rings. The van der Waals surface area contributed by atoms with Crippen LogP contribution in [0.3, 0.4) is 0 Å². The summed E-state index contributed by atoms with van der Waals surface area (Å²) >= 11 is 0. The highest BCUT2D eigenvalue weighted by Crippen LogP contribution is 2.33. The highest BCUT2D eigenvalue weighted by Gasteiger charge is 2.30. The lowest BCUT2D eigenvalue weighted by molar-refractivity contribution is 0.417. The third kappa shape index (κ3) is 3.93. The van der Waals surface area contributed by atoms with Gasteiger partial charge >= 0.3 is 0 Å². The van der Waals surface area contributed by atoms with Gasteiger partial charge in [-0.05, 0) is 38.7 Å². The summed E-state index contributed by atoms with van der Waals surface area (Å²) in [4.78, 5) is 6.79. The van der Waals surface area contributed by atoms with Crippen molar-refractivity contribution in [2.75, 3.05) is 18.0 Å². The number of rotatable bonds is 3. The summed E-state index contributed by atoms with van der Waals surface area (Å²) in [6.45, 7) is 14.5. The first-order valence-corrected chi connectivity index (χ1v) is 7.20. The van der Waals surface area contributed by atoms with E-state index >= 15 is 0 Å². The molecule has 0 radical (unpaired) electrons. The number of hydrogen-bond acceptors (Lipinski definition) is 3. The number of hydrogen-bond donors (Lipinski definition) is 1. The molecule has 0 atom stereocenters. The fourth-order valence-electron chi connectivity index (χ4n) is 2.54. The maximum Gasteiger partial charge on any atom is 0.0443 e. The van der Waals surface area contributed by atoms with Gasteiger partial charge < -0.3 is 10.2 Å². The van der Waals surface area contributed by atoms with Gasteiger partial charge in [-0.2, -0.15) is 0 Å². The van der Waals surface area contributed by atoms with Gasteiger partial charge in [0.2, 0.25) is 0 Å². The molecule has 0 saturated carbocycles. The number of anilines is 1.